The zero-order valence-corrected chi connectivity index (χ0v) is 8.88. The number of benzene rings is 1. The van der Waals surface area contributed by atoms with Gasteiger partial charge in [-0.15, -0.1) is 0 Å². The van der Waals surface area contributed by atoms with Gasteiger partial charge in [-0.25, -0.2) is 4.39 Å². The molecule has 15 heavy (non-hydrogen) atoms. The lowest BCUT2D eigenvalue weighted by molar-refractivity contribution is 0.275. The lowest BCUT2D eigenvalue weighted by Crippen LogP contribution is -2.05. The van der Waals surface area contributed by atoms with Gasteiger partial charge in [0.25, 0.3) is 0 Å². The van der Waals surface area contributed by atoms with Gasteiger partial charge in [0.15, 0.2) is 0 Å². The first-order valence-corrected chi connectivity index (χ1v) is 5.70. The van der Waals surface area contributed by atoms with E-state index in [9.17, 15) is 4.39 Å². The van der Waals surface area contributed by atoms with Crippen LogP contribution in [0.25, 0.3) is 0 Å². The molecule has 1 saturated carbocycles. The summed E-state index contributed by atoms with van der Waals surface area (Å²) in [5.41, 5.74) is 1.50. The number of aliphatic hydroxyl groups excluding tert-OH is 1. The smallest absolute Gasteiger partial charge is 0.128 e. The van der Waals surface area contributed by atoms with Crippen LogP contribution in [0, 0.1) is 5.82 Å². The molecule has 1 N–H and O–H groups in total. The Balaban J connectivity index is 2.17. The summed E-state index contributed by atoms with van der Waals surface area (Å²) in [5.74, 6) is 0.265. The molecule has 1 aromatic carbocycles. The molecular formula is C13H17FO. The molecule has 0 radical (unpaired) electrons. The SMILES string of the molecule is OCc1ccc(C2CCCCC2)cc1F. The monoisotopic (exact) mass is 208 g/mol. The summed E-state index contributed by atoms with van der Waals surface area (Å²) in [7, 11) is 0. The van der Waals surface area contributed by atoms with Gasteiger partial charge in [0.1, 0.15) is 5.82 Å². The van der Waals surface area contributed by atoms with Crippen LogP contribution >= 0.6 is 0 Å². The molecule has 82 valence electrons. The first kappa shape index (κ1) is 10.6. The van der Waals surface area contributed by atoms with Crippen LogP contribution in [0.3, 0.4) is 0 Å². The molecule has 0 saturated heterocycles. The zero-order valence-electron chi connectivity index (χ0n) is 8.88. The molecule has 0 aromatic heterocycles. The highest BCUT2D eigenvalue weighted by Gasteiger charge is 2.16. The molecule has 1 aromatic rings. The second-order valence-corrected chi connectivity index (χ2v) is 4.34. The highest BCUT2D eigenvalue weighted by molar-refractivity contribution is 5.26. The predicted molar refractivity (Wildman–Crippen MR) is 58.1 cm³/mol. The van der Waals surface area contributed by atoms with Crippen molar-refractivity contribution in [1.82, 2.24) is 0 Å². The van der Waals surface area contributed by atoms with Gasteiger partial charge in [0.2, 0.25) is 0 Å². The third-order valence-corrected chi connectivity index (χ3v) is 3.32. The average Bonchev–Trinajstić information content (AvgIpc) is 2.30. The molecule has 2 rings (SSSR count). The molecule has 0 heterocycles. The molecule has 1 aliphatic carbocycles. The van der Waals surface area contributed by atoms with Gasteiger partial charge >= 0.3 is 0 Å². The fourth-order valence-electron chi connectivity index (χ4n) is 2.38. The standard InChI is InChI=1S/C13H17FO/c14-13-8-11(6-7-12(13)9-15)10-4-2-1-3-5-10/h6-8,10,15H,1-5,9H2. The van der Waals surface area contributed by atoms with E-state index >= 15 is 0 Å². The van der Waals surface area contributed by atoms with Crippen molar-refractivity contribution in [2.24, 2.45) is 0 Å². The third-order valence-electron chi connectivity index (χ3n) is 3.32. The van der Waals surface area contributed by atoms with Gasteiger partial charge in [-0.1, -0.05) is 31.4 Å². The fraction of sp³-hybridized carbons (Fsp3) is 0.538. The fourth-order valence-corrected chi connectivity index (χ4v) is 2.38. The molecule has 0 bridgehead atoms. The van der Waals surface area contributed by atoms with Crippen molar-refractivity contribution < 1.29 is 9.50 Å². The predicted octanol–water partition coefficient (Wildman–Crippen LogP) is 3.37. The van der Waals surface area contributed by atoms with Crippen LogP contribution in [0.4, 0.5) is 4.39 Å². The lowest BCUT2D eigenvalue weighted by Gasteiger charge is -2.22. The second-order valence-electron chi connectivity index (χ2n) is 4.34. The van der Waals surface area contributed by atoms with Gasteiger partial charge < -0.3 is 5.11 Å². The number of hydrogen-bond acceptors (Lipinski definition) is 1. The quantitative estimate of drug-likeness (QED) is 0.790. The van der Waals surface area contributed by atoms with E-state index in [-0.39, 0.29) is 12.4 Å². The minimum Gasteiger partial charge on any atom is -0.392 e. The van der Waals surface area contributed by atoms with Crippen LogP contribution in [0.15, 0.2) is 18.2 Å². The summed E-state index contributed by atoms with van der Waals surface area (Å²) in [6, 6.07) is 5.27. The minimum absolute atomic E-state index is 0.212. The molecule has 2 heteroatoms. The molecule has 0 unspecified atom stereocenters. The Kier molecular flexibility index (Phi) is 3.37. The molecule has 0 atom stereocenters. The number of rotatable bonds is 2. The van der Waals surface area contributed by atoms with Crippen LogP contribution in [0.2, 0.25) is 0 Å². The van der Waals surface area contributed by atoms with E-state index in [0.717, 1.165) is 5.56 Å². The number of halogens is 1. The molecule has 1 aliphatic rings. The molecule has 0 spiro atoms. The van der Waals surface area contributed by atoms with E-state index in [0.29, 0.717) is 11.5 Å². The Morgan fingerprint density at radius 2 is 1.93 bits per heavy atom. The Morgan fingerprint density at radius 3 is 2.53 bits per heavy atom. The average molecular weight is 208 g/mol. The zero-order chi connectivity index (χ0) is 10.7. The van der Waals surface area contributed by atoms with Crippen molar-refractivity contribution in [2.75, 3.05) is 0 Å². The van der Waals surface area contributed by atoms with Crippen molar-refractivity contribution in [3.8, 4) is 0 Å². The highest BCUT2D eigenvalue weighted by atomic mass is 19.1. The largest absolute Gasteiger partial charge is 0.392 e. The van der Waals surface area contributed by atoms with Crippen molar-refractivity contribution >= 4 is 0 Å². The summed E-state index contributed by atoms with van der Waals surface area (Å²) in [6.45, 7) is -0.212. The highest BCUT2D eigenvalue weighted by Crippen LogP contribution is 2.33. The van der Waals surface area contributed by atoms with Gasteiger partial charge in [-0.2, -0.15) is 0 Å². The molecule has 0 aliphatic heterocycles. The first-order valence-electron chi connectivity index (χ1n) is 5.70. The Morgan fingerprint density at radius 1 is 1.20 bits per heavy atom. The first-order chi connectivity index (χ1) is 7.31. The van der Waals surface area contributed by atoms with Crippen LogP contribution in [0.5, 0.6) is 0 Å². The minimum atomic E-state index is -0.263. The maximum Gasteiger partial charge on any atom is 0.128 e. The van der Waals surface area contributed by atoms with Crippen molar-refractivity contribution in [2.45, 2.75) is 44.6 Å². The molecule has 1 nitrogen and oxygen atoms in total. The van der Waals surface area contributed by atoms with Crippen molar-refractivity contribution in [1.29, 1.82) is 0 Å². The molecule has 1 fully saturated rings. The van der Waals surface area contributed by atoms with E-state index in [1.165, 1.54) is 32.1 Å². The van der Waals surface area contributed by atoms with E-state index in [2.05, 4.69) is 0 Å². The van der Waals surface area contributed by atoms with Crippen molar-refractivity contribution in [3.05, 3.63) is 35.1 Å². The van der Waals surface area contributed by atoms with E-state index < -0.39 is 0 Å². The van der Waals surface area contributed by atoms with E-state index in [4.69, 9.17) is 5.11 Å². The van der Waals surface area contributed by atoms with Crippen LogP contribution in [-0.2, 0) is 6.61 Å². The molecular weight excluding hydrogens is 191 g/mol. The van der Waals surface area contributed by atoms with Gasteiger partial charge in [0.05, 0.1) is 6.61 Å². The maximum absolute atomic E-state index is 13.4. The molecule has 0 amide bonds. The van der Waals surface area contributed by atoms with E-state index in [1.54, 1.807) is 12.1 Å². The summed E-state index contributed by atoms with van der Waals surface area (Å²) in [6.07, 6.45) is 6.19. The normalized spacial score (nSPS) is 18.0. The van der Waals surface area contributed by atoms with Crippen LogP contribution in [-0.4, -0.2) is 5.11 Å². The Bertz CT molecular complexity index is 329. The summed E-state index contributed by atoms with van der Waals surface area (Å²) < 4.78 is 13.4. The second kappa shape index (κ2) is 4.75. The maximum atomic E-state index is 13.4. The lowest BCUT2D eigenvalue weighted by atomic mass is 9.84. The van der Waals surface area contributed by atoms with Gasteiger partial charge in [-0.3, -0.25) is 0 Å². The van der Waals surface area contributed by atoms with Gasteiger partial charge in [0, 0.05) is 5.56 Å². The van der Waals surface area contributed by atoms with Crippen LogP contribution < -0.4 is 0 Å². The Hall–Kier alpha value is -0.890. The van der Waals surface area contributed by atoms with Crippen LogP contribution in [0.1, 0.15) is 49.1 Å². The summed E-state index contributed by atoms with van der Waals surface area (Å²) >= 11 is 0. The summed E-state index contributed by atoms with van der Waals surface area (Å²) in [5, 5.41) is 8.88. The van der Waals surface area contributed by atoms with Gasteiger partial charge in [-0.05, 0) is 30.4 Å². The Labute approximate surface area is 89.9 Å². The van der Waals surface area contributed by atoms with Crippen molar-refractivity contribution in [3.63, 3.8) is 0 Å². The summed E-state index contributed by atoms with van der Waals surface area (Å²) in [4.78, 5) is 0. The number of hydrogen-bond donors (Lipinski definition) is 1. The van der Waals surface area contributed by atoms with E-state index in [1.807, 2.05) is 6.07 Å². The number of aliphatic hydroxyl groups is 1. The topological polar surface area (TPSA) is 20.2 Å². The third kappa shape index (κ3) is 2.37.